The number of hydrogen-bond donors (Lipinski definition) is 1. The van der Waals surface area contributed by atoms with Crippen molar-refractivity contribution in [2.45, 2.75) is 32.7 Å². The van der Waals surface area contributed by atoms with Gasteiger partial charge in [0.2, 0.25) is 0 Å². The molecule has 1 aromatic carbocycles. The number of nitrogens with zero attached hydrogens (tertiary/aromatic N) is 1. The van der Waals surface area contributed by atoms with Crippen molar-refractivity contribution in [1.29, 1.82) is 0 Å². The van der Waals surface area contributed by atoms with Crippen LogP contribution in [0.1, 0.15) is 37.0 Å². The van der Waals surface area contributed by atoms with Gasteiger partial charge in [-0.05, 0) is 31.1 Å². The zero-order chi connectivity index (χ0) is 20.4. The number of allylic oxidation sites excluding steroid dienone is 2. The van der Waals surface area contributed by atoms with Gasteiger partial charge in [0.25, 0.3) is 5.91 Å². The summed E-state index contributed by atoms with van der Waals surface area (Å²) < 4.78 is 32.2. The smallest absolute Gasteiger partial charge is 0.330 e. The molecule has 2 rings (SSSR count). The number of amides is 1. The van der Waals surface area contributed by atoms with E-state index in [9.17, 15) is 18.4 Å². The Labute approximate surface area is 158 Å². The third kappa shape index (κ3) is 5.91. The number of esters is 1. The average Bonchev–Trinajstić information content (AvgIpc) is 2.68. The number of carbonyl (C=O) groups is 2. The van der Waals surface area contributed by atoms with E-state index in [0.717, 1.165) is 36.7 Å². The number of ether oxygens (including phenoxy) is 1. The molecular formula is C20H26F2N2O3. The molecule has 1 atom stereocenters. The Morgan fingerprint density at radius 3 is 2.52 bits per heavy atom. The van der Waals surface area contributed by atoms with Crippen LogP contribution < -0.4 is 5.32 Å². The molecule has 1 heterocycles. The topological polar surface area (TPSA) is 58.6 Å². The summed E-state index contributed by atoms with van der Waals surface area (Å²) in [7, 11) is 1.19. The zero-order valence-electron chi connectivity index (χ0n) is 15.9. The molecule has 1 unspecified atom stereocenters. The predicted molar refractivity (Wildman–Crippen MR) is 100 cm³/mol. The SMILES string of the molecule is C=CC1=CCCCN1CC(NC(=O)c1c(F)cccc1F)C(=O)OC.CC. The highest BCUT2D eigenvalue weighted by atomic mass is 19.1. The normalized spacial score (nSPS) is 14.3. The molecule has 1 aliphatic rings. The van der Waals surface area contributed by atoms with Crippen LogP contribution in [0.2, 0.25) is 0 Å². The van der Waals surface area contributed by atoms with Crippen molar-refractivity contribution in [2.75, 3.05) is 20.2 Å². The van der Waals surface area contributed by atoms with Gasteiger partial charge in [0.1, 0.15) is 23.2 Å². The van der Waals surface area contributed by atoms with E-state index >= 15 is 0 Å². The molecule has 27 heavy (non-hydrogen) atoms. The minimum absolute atomic E-state index is 0.117. The number of nitrogens with one attached hydrogen (secondary N) is 1. The Bertz CT molecular complexity index is 684. The second kappa shape index (κ2) is 11.1. The van der Waals surface area contributed by atoms with Crippen LogP contribution in [-0.2, 0) is 9.53 Å². The first-order valence-electron chi connectivity index (χ1n) is 8.88. The number of halogens is 2. The molecule has 0 radical (unpaired) electrons. The summed E-state index contributed by atoms with van der Waals surface area (Å²) in [6.07, 6.45) is 5.42. The fourth-order valence-corrected chi connectivity index (χ4v) is 2.69. The molecule has 1 aliphatic heterocycles. The summed E-state index contributed by atoms with van der Waals surface area (Å²) >= 11 is 0. The lowest BCUT2D eigenvalue weighted by Gasteiger charge is -2.32. The van der Waals surface area contributed by atoms with Crippen molar-refractivity contribution in [3.63, 3.8) is 0 Å². The van der Waals surface area contributed by atoms with E-state index in [-0.39, 0.29) is 6.54 Å². The van der Waals surface area contributed by atoms with E-state index in [2.05, 4.69) is 11.9 Å². The lowest BCUT2D eigenvalue weighted by molar-refractivity contribution is -0.143. The first-order chi connectivity index (χ1) is 13.0. The summed E-state index contributed by atoms with van der Waals surface area (Å²) in [4.78, 5) is 26.1. The predicted octanol–water partition coefficient (Wildman–Crippen LogP) is 3.43. The molecule has 1 amide bonds. The van der Waals surface area contributed by atoms with E-state index in [1.165, 1.54) is 7.11 Å². The summed E-state index contributed by atoms with van der Waals surface area (Å²) in [6, 6.07) is 2.05. The minimum Gasteiger partial charge on any atom is -0.467 e. The molecular weight excluding hydrogens is 354 g/mol. The minimum atomic E-state index is -1.07. The first kappa shape index (κ1) is 22.3. The van der Waals surface area contributed by atoms with Crippen LogP contribution in [0, 0.1) is 11.6 Å². The summed E-state index contributed by atoms with van der Waals surface area (Å²) in [6.45, 7) is 8.52. The van der Waals surface area contributed by atoms with E-state index in [1.54, 1.807) is 6.08 Å². The molecule has 5 nitrogen and oxygen atoms in total. The number of benzene rings is 1. The van der Waals surface area contributed by atoms with Crippen LogP contribution >= 0.6 is 0 Å². The van der Waals surface area contributed by atoms with Crippen molar-refractivity contribution >= 4 is 11.9 Å². The lowest BCUT2D eigenvalue weighted by Crippen LogP contribution is -2.49. The summed E-state index contributed by atoms with van der Waals surface area (Å²) in [5, 5.41) is 2.36. The third-order valence-electron chi connectivity index (χ3n) is 3.94. The zero-order valence-corrected chi connectivity index (χ0v) is 15.9. The van der Waals surface area contributed by atoms with Gasteiger partial charge < -0.3 is 15.0 Å². The Morgan fingerprint density at radius 1 is 1.33 bits per heavy atom. The van der Waals surface area contributed by atoms with E-state index in [0.29, 0.717) is 6.54 Å². The Morgan fingerprint density at radius 2 is 1.96 bits per heavy atom. The maximum Gasteiger partial charge on any atom is 0.330 e. The molecule has 0 spiro atoms. The first-order valence-corrected chi connectivity index (χ1v) is 8.88. The monoisotopic (exact) mass is 380 g/mol. The standard InChI is InChI=1S/C18H20F2N2O3.C2H6/c1-3-12-7-4-5-10-22(12)11-15(18(24)25-2)21-17(23)16-13(19)8-6-9-14(16)20;1-2/h3,6-9,15H,1,4-5,10-11H2,2H3,(H,21,23);1-2H3. The highest BCUT2D eigenvalue weighted by Gasteiger charge is 2.28. The van der Waals surface area contributed by atoms with Gasteiger partial charge in [-0.2, -0.15) is 0 Å². The number of hydrogen-bond acceptors (Lipinski definition) is 4. The Hall–Kier alpha value is -2.70. The molecule has 0 aromatic heterocycles. The van der Waals surface area contributed by atoms with Crippen molar-refractivity contribution in [3.05, 3.63) is 59.8 Å². The summed E-state index contributed by atoms with van der Waals surface area (Å²) in [5.41, 5.74) is 0.112. The third-order valence-corrected chi connectivity index (χ3v) is 3.94. The van der Waals surface area contributed by atoms with Gasteiger partial charge in [-0.25, -0.2) is 13.6 Å². The van der Waals surface area contributed by atoms with Crippen LogP contribution in [0.5, 0.6) is 0 Å². The van der Waals surface area contributed by atoms with Crippen LogP contribution in [0.3, 0.4) is 0 Å². The van der Waals surface area contributed by atoms with E-state index in [1.807, 2.05) is 24.8 Å². The average molecular weight is 380 g/mol. The van der Waals surface area contributed by atoms with E-state index < -0.39 is 35.1 Å². The second-order valence-corrected chi connectivity index (χ2v) is 5.57. The molecule has 0 saturated carbocycles. The van der Waals surface area contributed by atoms with Crippen LogP contribution in [0.15, 0.2) is 42.6 Å². The fourth-order valence-electron chi connectivity index (χ4n) is 2.69. The molecule has 0 fully saturated rings. The molecule has 0 saturated heterocycles. The van der Waals surface area contributed by atoms with Crippen molar-refractivity contribution in [1.82, 2.24) is 10.2 Å². The lowest BCUT2D eigenvalue weighted by atomic mass is 10.1. The van der Waals surface area contributed by atoms with Gasteiger partial charge in [0.15, 0.2) is 0 Å². The molecule has 0 aliphatic carbocycles. The Balaban J connectivity index is 0.00000176. The molecule has 0 bridgehead atoms. The largest absolute Gasteiger partial charge is 0.467 e. The maximum atomic E-state index is 13.8. The van der Waals surface area contributed by atoms with Gasteiger partial charge in [0.05, 0.1) is 7.11 Å². The Kier molecular flexibility index (Phi) is 9.19. The number of methoxy groups -OCH3 is 1. The van der Waals surface area contributed by atoms with Gasteiger partial charge in [-0.3, -0.25) is 4.79 Å². The quantitative estimate of drug-likeness (QED) is 0.769. The van der Waals surface area contributed by atoms with Crippen molar-refractivity contribution in [3.8, 4) is 0 Å². The number of carbonyl (C=O) groups excluding carboxylic acids is 2. The second-order valence-electron chi connectivity index (χ2n) is 5.57. The van der Waals surface area contributed by atoms with Gasteiger partial charge in [-0.1, -0.05) is 32.6 Å². The van der Waals surface area contributed by atoms with Gasteiger partial charge in [-0.15, -0.1) is 0 Å². The highest BCUT2D eigenvalue weighted by molar-refractivity contribution is 5.97. The maximum absolute atomic E-state index is 13.8. The van der Waals surface area contributed by atoms with Gasteiger partial charge >= 0.3 is 5.97 Å². The molecule has 7 heteroatoms. The number of rotatable bonds is 6. The molecule has 148 valence electrons. The van der Waals surface area contributed by atoms with Crippen LogP contribution in [0.25, 0.3) is 0 Å². The molecule has 1 N–H and O–H groups in total. The van der Waals surface area contributed by atoms with Crippen molar-refractivity contribution in [2.24, 2.45) is 0 Å². The highest BCUT2D eigenvalue weighted by Crippen LogP contribution is 2.17. The van der Waals surface area contributed by atoms with Crippen molar-refractivity contribution < 1.29 is 23.1 Å². The summed E-state index contributed by atoms with van der Waals surface area (Å²) in [5.74, 6) is -3.69. The van der Waals surface area contributed by atoms with Crippen LogP contribution in [-0.4, -0.2) is 43.0 Å². The van der Waals surface area contributed by atoms with E-state index in [4.69, 9.17) is 4.74 Å². The van der Waals surface area contributed by atoms with Crippen LogP contribution in [0.4, 0.5) is 8.78 Å². The van der Waals surface area contributed by atoms with Gasteiger partial charge in [0, 0.05) is 18.8 Å². The molecule has 1 aromatic rings. The fraction of sp³-hybridized carbons (Fsp3) is 0.400.